The van der Waals surface area contributed by atoms with Crippen LogP contribution in [0.2, 0.25) is 10.0 Å². The quantitative estimate of drug-likeness (QED) is 0.353. The molecule has 0 N–H and O–H groups in total. The minimum Gasteiger partial charge on any atom is -0.373 e. The zero-order valence-corrected chi connectivity index (χ0v) is 20.0. The van der Waals surface area contributed by atoms with Gasteiger partial charge in [0.15, 0.2) is 0 Å². The predicted octanol–water partition coefficient (Wildman–Crippen LogP) is 7.56. The number of rotatable bonds is 6. The molecule has 0 amide bonds. The summed E-state index contributed by atoms with van der Waals surface area (Å²) in [5.41, 5.74) is 3.28. The first-order valence-corrected chi connectivity index (χ1v) is 12.5. The van der Waals surface area contributed by atoms with E-state index in [4.69, 9.17) is 37.7 Å². The zero-order chi connectivity index (χ0) is 23.4. The summed E-state index contributed by atoms with van der Waals surface area (Å²) in [5, 5.41) is 14.4. The Labute approximate surface area is 207 Å². The van der Waals surface area contributed by atoms with Crippen LogP contribution in [0.15, 0.2) is 40.9 Å². The largest absolute Gasteiger partial charge is 0.373 e. The summed E-state index contributed by atoms with van der Waals surface area (Å²) in [5.74, 6) is 1.39. The molecule has 0 saturated heterocycles. The molecular formula is C27H23Cl2FN2O2. The van der Waals surface area contributed by atoms with Gasteiger partial charge in [0.05, 0.1) is 34.4 Å². The highest BCUT2D eigenvalue weighted by Gasteiger charge is 2.58. The van der Waals surface area contributed by atoms with Gasteiger partial charge in [-0.2, -0.15) is 5.26 Å². The Morgan fingerprint density at radius 1 is 1.18 bits per heavy atom. The van der Waals surface area contributed by atoms with Gasteiger partial charge in [-0.25, -0.2) is 4.39 Å². The summed E-state index contributed by atoms with van der Waals surface area (Å²) in [6, 6.07) is 12.3. The molecule has 1 unspecified atom stereocenters. The number of benzene rings is 2. The molecule has 3 fully saturated rings. The van der Waals surface area contributed by atoms with Gasteiger partial charge >= 0.3 is 0 Å². The molecule has 3 saturated carbocycles. The normalized spacial score (nSPS) is 25.6. The highest BCUT2D eigenvalue weighted by molar-refractivity contribution is 6.39. The maximum absolute atomic E-state index is 14.7. The fraction of sp³-hybridized carbons (Fsp3) is 0.407. The molecule has 6 rings (SSSR count). The summed E-state index contributed by atoms with van der Waals surface area (Å²) in [6.07, 6.45) is 5.88. The number of nitrogens with zero attached hydrogens (tertiary/aromatic N) is 2. The van der Waals surface area contributed by atoms with E-state index in [1.165, 1.54) is 6.07 Å². The second-order valence-electron chi connectivity index (χ2n) is 9.82. The lowest BCUT2D eigenvalue weighted by Gasteiger charge is -2.29. The van der Waals surface area contributed by atoms with Gasteiger partial charge in [-0.15, -0.1) is 0 Å². The SMILES string of the molecule is N#Cc1ccc([C@]23CC[C@@H](OCc4c(-c5c(Cl)cccc5Cl)noc4C4CC4)CC2C3)c(F)c1. The first-order valence-electron chi connectivity index (χ1n) is 11.7. The molecule has 0 spiro atoms. The van der Waals surface area contributed by atoms with Crippen LogP contribution in [0.4, 0.5) is 4.39 Å². The van der Waals surface area contributed by atoms with Crippen molar-refractivity contribution in [3.8, 4) is 17.3 Å². The molecule has 4 nitrogen and oxygen atoms in total. The van der Waals surface area contributed by atoms with E-state index >= 15 is 0 Å². The number of ether oxygens (including phenoxy) is 1. The summed E-state index contributed by atoms with van der Waals surface area (Å²) >= 11 is 12.9. The minimum absolute atomic E-state index is 0.0959. The van der Waals surface area contributed by atoms with Crippen molar-refractivity contribution < 1.29 is 13.7 Å². The number of hydrogen-bond donors (Lipinski definition) is 0. The maximum atomic E-state index is 14.7. The Balaban J connectivity index is 1.19. The van der Waals surface area contributed by atoms with Crippen LogP contribution < -0.4 is 0 Å². The first kappa shape index (κ1) is 22.1. The maximum Gasteiger partial charge on any atom is 0.145 e. The summed E-state index contributed by atoms with van der Waals surface area (Å²) < 4.78 is 26.9. The fourth-order valence-corrected chi connectivity index (χ4v) is 6.28. The molecule has 1 heterocycles. The van der Waals surface area contributed by atoms with Crippen molar-refractivity contribution in [3.63, 3.8) is 0 Å². The zero-order valence-electron chi connectivity index (χ0n) is 18.5. The van der Waals surface area contributed by atoms with Gasteiger partial charge in [0.2, 0.25) is 0 Å². The lowest BCUT2D eigenvalue weighted by Crippen LogP contribution is -2.26. The molecule has 3 aromatic rings. The molecule has 1 aromatic heterocycles. The van der Waals surface area contributed by atoms with Crippen LogP contribution in [0.25, 0.3) is 11.3 Å². The number of fused-ring (bicyclic) bond motifs is 1. The van der Waals surface area contributed by atoms with Gasteiger partial charge < -0.3 is 9.26 Å². The van der Waals surface area contributed by atoms with Crippen molar-refractivity contribution in [1.29, 1.82) is 5.26 Å². The van der Waals surface area contributed by atoms with Crippen LogP contribution in [0, 0.1) is 23.1 Å². The average Bonchev–Trinajstić information content (AvgIpc) is 3.75. The van der Waals surface area contributed by atoms with Crippen molar-refractivity contribution in [1.82, 2.24) is 5.16 Å². The molecule has 174 valence electrons. The summed E-state index contributed by atoms with van der Waals surface area (Å²) in [4.78, 5) is 0. The second kappa shape index (κ2) is 8.37. The van der Waals surface area contributed by atoms with E-state index < -0.39 is 0 Å². The topological polar surface area (TPSA) is 59.0 Å². The Hall–Kier alpha value is -2.39. The van der Waals surface area contributed by atoms with Crippen molar-refractivity contribution in [2.24, 2.45) is 5.92 Å². The minimum atomic E-state index is -0.263. The van der Waals surface area contributed by atoms with Crippen LogP contribution >= 0.6 is 23.2 Å². The van der Waals surface area contributed by atoms with E-state index in [1.807, 2.05) is 12.1 Å². The van der Waals surface area contributed by atoms with E-state index in [0.717, 1.165) is 55.4 Å². The van der Waals surface area contributed by atoms with E-state index in [1.54, 1.807) is 24.3 Å². The highest BCUT2D eigenvalue weighted by Crippen LogP contribution is 2.63. The lowest BCUT2D eigenvalue weighted by molar-refractivity contribution is 0.0108. The Kier molecular flexibility index (Phi) is 5.44. The number of nitriles is 1. The van der Waals surface area contributed by atoms with Crippen LogP contribution in [0.3, 0.4) is 0 Å². The molecule has 3 aliphatic rings. The second-order valence-corrected chi connectivity index (χ2v) is 10.6. The van der Waals surface area contributed by atoms with Crippen molar-refractivity contribution in [2.75, 3.05) is 0 Å². The number of hydrogen-bond acceptors (Lipinski definition) is 4. The van der Waals surface area contributed by atoms with Gasteiger partial charge in [0, 0.05) is 22.5 Å². The van der Waals surface area contributed by atoms with Crippen molar-refractivity contribution >= 4 is 23.2 Å². The molecular weight excluding hydrogens is 474 g/mol. The fourth-order valence-electron chi connectivity index (χ4n) is 5.70. The van der Waals surface area contributed by atoms with E-state index in [0.29, 0.717) is 45.3 Å². The molecule has 3 atom stereocenters. The van der Waals surface area contributed by atoms with E-state index in [-0.39, 0.29) is 17.3 Å². The summed E-state index contributed by atoms with van der Waals surface area (Å²) in [6.45, 7) is 0.391. The molecule has 2 aromatic carbocycles. The molecule has 7 heteroatoms. The van der Waals surface area contributed by atoms with Crippen LogP contribution in [-0.4, -0.2) is 11.3 Å². The van der Waals surface area contributed by atoms with Gasteiger partial charge in [-0.1, -0.05) is 40.5 Å². The summed E-state index contributed by atoms with van der Waals surface area (Å²) in [7, 11) is 0. The number of halogens is 3. The molecule has 0 bridgehead atoms. The van der Waals surface area contributed by atoms with E-state index in [9.17, 15) is 4.39 Å². The smallest absolute Gasteiger partial charge is 0.145 e. The van der Waals surface area contributed by atoms with Crippen LogP contribution in [0.1, 0.15) is 66.9 Å². The van der Waals surface area contributed by atoms with Gasteiger partial charge in [0.1, 0.15) is 17.3 Å². The predicted molar refractivity (Wildman–Crippen MR) is 127 cm³/mol. The van der Waals surface area contributed by atoms with Crippen molar-refractivity contribution in [2.45, 2.75) is 62.6 Å². The van der Waals surface area contributed by atoms with Gasteiger partial charge in [0.25, 0.3) is 0 Å². The van der Waals surface area contributed by atoms with Crippen LogP contribution in [0.5, 0.6) is 0 Å². The Morgan fingerprint density at radius 2 is 1.97 bits per heavy atom. The lowest BCUT2D eigenvalue weighted by atomic mass is 9.81. The van der Waals surface area contributed by atoms with E-state index in [2.05, 4.69) is 5.16 Å². The monoisotopic (exact) mass is 496 g/mol. The third-order valence-electron chi connectivity index (χ3n) is 7.76. The third kappa shape index (κ3) is 3.73. The van der Waals surface area contributed by atoms with Gasteiger partial charge in [-0.05, 0) is 74.3 Å². The molecule has 3 aliphatic carbocycles. The third-order valence-corrected chi connectivity index (χ3v) is 8.39. The molecule has 0 radical (unpaired) electrons. The average molecular weight is 497 g/mol. The van der Waals surface area contributed by atoms with Crippen LogP contribution in [-0.2, 0) is 16.8 Å². The highest BCUT2D eigenvalue weighted by atomic mass is 35.5. The first-order chi connectivity index (χ1) is 16.5. The standard InChI is InChI=1S/C27H23Cl2FN2O2/c28-21-2-1-3-22(29)24(21)25-19(26(34-32-25)16-5-6-16)14-33-18-8-9-27(12-17(27)11-18)20-7-4-15(13-31)10-23(20)30/h1-4,7,10,16-18H,5-6,8-9,11-12,14H2/t17?,18-,27+/m1/s1. The number of aromatic nitrogens is 1. The molecule has 34 heavy (non-hydrogen) atoms. The Morgan fingerprint density at radius 3 is 2.65 bits per heavy atom. The molecule has 0 aliphatic heterocycles. The Bertz CT molecular complexity index is 1290. The van der Waals surface area contributed by atoms with Gasteiger partial charge in [-0.3, -0.25) is 0 Å². The van der Waals surface area contributed by atoms with Crippen molar-refractivity contribution in [3.05, 3.63) is 74.7 Å².